The van der Waals surface area contributed by atoms with Crippen molar-refractivity contribution >= 4 is 57.6 Å². The third-order valence-electron chi connectivity index (χ3n) is 5.86. The molecule has 2 N–H and O–H groups in total. The molecule has 3 heterocycles. The van der Waals surface area contributed by atoms with Crippen molar-refractivity contribution in [1.82, 2.24) is 14.2 Å². The Morgan fingerprint density at radius 1 is 1.12 bits per heavy atom. The predicted octanol–water partition coefficient (Wildman–Crippen LogP) is 3.02. The minimum Gasteiger partial charge on any atom is -0.507 e. The standard InChI is InChI=1S/C23H23N3O5S.2ClH/c1-32(29,30)26-13-15(16-4-2-3-5-19(16)26)12-21-22(28)17-6-7-20(27)18(23(17)31-21)14-25-10-8-24-9-11-25;;/h2-7,12-13,24,27H,8-11,14H2,1H3;2*1H/b21-12-;;. The predicted molar refractivity (Wildman–Crippen MR) is 136 cm³/mol. The Hall–Kier alpha value is -2.56. The molecule has 2 aliphatic rings. The highest BCUT2D eigenvalue weighted by atomic mass is 35.5. The summed E-state index contributed by atoms with van der Waals surface area (Å²) in [7, 11) is -3.52. The van der Waals surface area contributed by atoms with Crippen LogP contribution in [0.2, 0.25) is 0 Å². The fourth-order valence-corrected chi connectivity index (χ4v) is 5.07. The van der Waals surface area contributed by atoms with E-state index in [1.54, 1.807) is 30.3 Å². The monoisotopic (exact) mass is 525 g/mol. The van der Waals surface area contributed by atoms with Gasteiger partial charge in [-0.25, -0.2) is 12.4 Å². The number of fused-ring (bicyclic) bond motifs is 2. The number of phenols is 1. The van der Waals surface area contributed by atoms with Gasteiger partial charge >= 0.3 is 0 Å². The van der Waals surface area contributed by atoms with Crippen LogP contribution < -0.4 is 10.1 Å². The normalized spacial score (nSPS) is 17.2. The fraction of sp³-hybridized carbons (Fsp3) is 0.261. The molecule has 2 aromatic carbocycles. The summed E-state index contributed by atoms with van der Waals surface area (Å²) in [6.07, 6.45) is 4.19. The number of ether oxygens (including phenoxy) is 1. The highest BCUT2D eigenvalue weighted by Crippen LogP contribution is 2.40. The Kier molecular flexibility index (Phi) is 7.64. The second-order valence-corrected chi connectivity index (χ2v) is 9.93. The number of hydrogen-bond donors (Lipinski definition) is 2. The summed E-state index contributed by atoms with van der Waals surface area (Å²) in [6.45, 7) is 3.89. The number of ketones is 1. The van der Waals surface area contributed by atoms with E-state index >= 15 is 0 Å². The first-order valence-electron chi connectivity index (χ1n) is 10.4. The minimum atomic E-state index is -3.52. The summed E-state index contributed by atoms with van der Waals surface area (Å²) in [6, 6.07) is 10.2. The fourth-order valence-electron chi connectivity index (χ4n) is 4.25. The van der Waals surface area contributed by atoms with Crippen LogP contribution in [0.1, 0.15) is 21.5 Å². The number of aromatic hydroxyl groups is 1. The van der Waals surface area contributed by atoms with Crippen molar-refractivity contribution in [1.29, 1.82) is 0 Å². The van der Waals surface area contributed by atoms with E-state index < -0.39 is 10.0 Å². The number of rotatable bonds is 4. The van der Waals surface area contributed by atoms with E-state index in [0.717, 1.165) is 32.4 Å². The maximum absolute atomic E-state index is 13.1. The second kappa shape index (κ2) is 9.97. The molecule has 1 aromatic heterocycles. The van der Waals surface area contributed by atoms with Crippen LogP contribution in [0.3, 0.4) is 0 Å². The Morgan fingerprint density at radius 2 is 1.82 bits per heavy atom. The van der Waals surface area contributed by atoms with E-state index in [0.29, 0.717) is 39.9 Å². The molecule has 3 aromatic rings. The van der Waals surface area contributed by atoms with Gasteiger partial charge in [-0.1, -0.05) is 18.2 Å². The number of halogens is 2. The van der Waals surface area contributed by atoms with E-state index in [9.17, 15) is 18.3 Å². The van der Waals surface area contributed by atoms with Crippen molar-refractivity contribution in [2.45, 2.75) is 6.54 Å². The number of nitrogens with one attached hydrogen (secondary N) is 1. The number of nitrogens with zero attached hydrogens (tertiary/aromatic N) is 2. The molecule has 0 unspecified atom stereocenters. The van der Waals surface area contributed by atoms with Gasteiger partial charge in [0.1, 0.15) is 11.5 Å². The van der Waals surface area contributed by atoms with Gasteiger partial charge in [-0.3, -0.25) is 9.69 Å². The maximum atomic E-state index is 13.1. The first-order valence-corrected chi connectivity index (χ1v) is 12.2. The molecular weight excluding hydrogens is 501 g/mol. The Morgan fingerprint density at radius 3 is 2.53 bits per heavy atom. The number of carbonyl (C=O) groups is 1. The largest absolute Gasteiger partial charge is 0.507 e. The van der Waals surface area contributed by atoms with Crippen molar-refractivity contribution in [3.63, 3.8) is 0 Å². The van der Waals surface area contributed by atoms with Crippen LogP contribution in [0.4, 0.5) is 0 Å². The lowest BCUT2D eigenvalue weighted by Crippen LogP contribution is -2.42. The highest BCUT2D eigenvalue weighted by molar-refractivity contribution is 7.89. The molecule has 1 saturated heterocycles. The van der Waals surface area contributed by atoms with Gasteiger partial charge in [-0.15, -0.1) is 24.8 Å². The summed E-state index contributed by atoms with van der Waals surface area (Å²) in [5.74, 6) is 0.262. The summed E-state index contributed by atoms with van der Waals surface area (Å²) in [5.41, 5.74) is 2.07. The average Bonchev–Trinajstić information content (AvgIpc) is 3.30. The Labute approximate surface area is 210 Å². The van der Waals surface area contributed by atoms with E-state index in [4.69, 9.17) is 4.74 Å². The molecule has 0 aliphatic carbocycles. The number of phenolic OH excluding ortho intramolecular Hbond substituents is 1. The van der Waals surface area contributed by atoms with Crippen LogP contribution in [0.5, 0.6) is 11.5 Å². The van der Waals surface area contributed by atoms with Gasteiger partial charge in [0, 0.05) is 49.9 Å². The molecular formula is C23H25Cl2N3O5S. The van der Waals surface area contributed by atoms with Crippen LogP contribution in [-0.4, -0.2) is 60.6 Å². The lowest BCUT2D eigenvalue weighted by Gasteiger charge is -2.27. The van der Waals surface area contributed by atoms with Crippen LogP contribution >= 0.6 is 24.8 Å². The quantitative estimate of drug-likeness (QED) is 0.504. The van der Waals surface area contributed by atoms with E-state index in [1.807, 2.05) is 6.07 Å². The highest BCUT2D eigenvalue weighted by Gasteiger charge is 2.32. The first-order chi connectivity index (χ1) is 15.3. The molecule has 0 bridgehead atoms. The molecule has 8 nitrogen and oxygen atoms in total. The van der Waals surface area contributed by atoms with Crippen LogP contribution in [0.15, 0.2) is 48.4 Å². The zero-order valence-corrected chi connectivity index (χ0v) is 20.8. The summed E-state index contributed by atoms with van der Waals surface area (Å²) < 4.78 is 31.6. The van der Waals surface area contributed by atoms with Gasteiger partial charge in [0.25, 0.3) is 0 Å². The maximum Gasteiger partial charge on any atom is 0.236 e. The molecule has 5 rings (SSSR count). The van der Waals surface area contributed by atoms with Crippen molar-refractivity contribution in [2.75, 3.05) is 32.4 Å². The average molecular weight is 526 g/mol. The molecule has 34 heavy (non-hydrogen) atoms. The summed E-state index contributed by atoms with van der Waals surface area (Å²) in [5, 5.41) is 14.5. The number of para-hydroxylation sites is 1. The van der Waals surface area contributed by atoms with Gasteiger partial charge in [0.2, 0.25) is 15.8 Å². The number of aromatic nitrogens is 1. The number of piperazine rings is 1. The number of Topliss-reactive ketones (excluding diaryl/α,β-unsaturated/α-hetero) is 1. The first kappa shape index (κ1) is 26.1. The van der Waals surface area contributed by atoms with Gasteiger partial charge in [-0.05, 0) is 24.3 Å². The smallest absolute Gasteiger partial charge is 0.236 e. The van der Waals surface area contributed by atoms with Gasteiger partial charge < -0.3 is 15.2 Å². The van der Waals surface area contributed by atoms with E-state index in [-0.39, 0.29) is 42.1 Å². The molecule has 1 fully saturated rings. The Bertz CT molecular complexity index is 1380. The number of carbonyl (C=O) groups excluding carboxylic acids is 1. The second-order valence-electron chi connectivity index (χ2n) is 8.07. The van der Waals surface area contributed by atoms with Crippen molar-refractivity contribution in [3.8, 4) is 11.5 Å². The number of allylic oxidation sites excluding steroid dienone is 1. The van der Waals surface area contributed by atoms with Crippen molar-refractivity contribution < 1.29 is 23.1 Å². The van der Waals surface area contributed by atoms with Gasteiger partial charge in [-0.2, -0.15) is 0 Å². The van der Waals surface area contributed by atoms with Crippen molar-refractivity contribution in [3.05, 3.63) is 65.0 Å². The zero-order valence-electron chi connectivity index (χ0n) is 18.4. The molecule has 0 atom stereocenters. The lowest BCUT2D eigenvalue weighted by atomic mass is 10.0. The molecule has 0 saturated carbocycles. The van der Waals surface area contributed by atoms with Crippen LogP contribution in [0, 0.1) is 0 Å². The summed E-state index contributed by atoms with van der Waals surface area (Å²) >= 11 is 0. The molecule has 2 aliphatic heterocycles. The third-order valence-corrected chi connectivity index (χ3v) is 6.88. The molecule has 182 valence electrons. The van der Waals surface area contributed by atoms with Crippen LogP contribution in [-0.2, 0) is 16.6 Å². The van der Waals surface area contributed by atoms with Gasteiger partial charge in [0.15, 0.2) is 5.76 Å². The zero-order chi connectivity index (χ0) is 22.5. The van der Waals surface area contributed by atoms with Crippen LogP contribution in [0.25, 0.3) is 17.0 Å². The summed E-state index contributed by atoms with van der Waals surface area (Å²) in [4.78, 5) is 15.3. The number of hydrogen-bond acceptors (Lipinski definition) is 7. The molecule has 11 heteroatoms. The third kappa shape index (κ3) is 4.67. The molecule has 0 radical (unpaired) electrons. The number of benzene rings is 2. The molecule has 0 amide bonds. The topological polar surface area (TPSA) is 101 Å². The van der Waals surface area contributed by atoms with E-state index in [2.05, 4.69) is 10.2 Å². The van der Waals surface area contributed by atoms with Gasteiger partial charge in [0.05, 0.1) is 22.9 Å². The van der Waals surface area contributed by atoms with E-state index in [1.165, 1.54) is 16.2 Å². The lowest BCUT2D eigenvalue weighted by molar-refractivity contribution is 0.101. The SMILES string of the molecule is CS(=O)(=O)n1cc(/C=C2\Oc3c(ccc(O)c3CN3CCNCC3)C2=O)c2ccccc21.Cl.Cl. The van der Waals surface area contributed by atoms with Crippen molar-refractivity contribution in [2.24, 2.45) is 0 Å². The molecule has 0 spiro atoms. The Balaban J connectivity index is 0.00000162. The minimum absolute atomic E-state index is 0.